The zero-order chi connectivity index (χ0) is 17.0. The first-order valence-corrected chi connectivity index (χ1v) is 7.55. The fourth-order valence-electron chi connectivity index (χ4n) is 2.24. The quantitative estimate of drug-likeness (QED) is 0.803. The van der Waals surface area contributed by atoms with Crippen molar-refractivity contribution >= 4 is 23.3 Å². The van der Waals surface area contributed by atoms with E-state index >= 15 is 0 Å². The van der Waals surface area contributed by atoms with Crippen LogP contribution in [0.25, 0.3) is 0 Å². The molecule has 2 aromatic heterocycles. The Morgan fingerprint density at radius 1 is 1.35 bits per heavy atom. The fourth-order valence-corrected chi connectivity index (χ4v) is 2.95. The van der Waals surface area contributed by atoms with E-state index in [9.17, 15) is 19.5 Å². The molecule has 1 atom stereocenters. The number of nitrogens with one attached hydrogen (secondary N) is 1. The molecule has 122 valence electrons. The van der Waals surface area contributed by atoms with Gasteiger partial charge >= 0.3 is 11.9 Å². The standard InChI is InChI=1S/C15H15NO6S/c1-21-11(17)5-9(8-3-4-23-7-8)12-13(18)10(15(20)22-2)6-16-14(12)19/h3-4,6-7,9H,5H2,1-2H3,(H2,16,18,19). The van der Waals surface area contributed by atoms with Crippen molar-refractivity contribution in [3.05, 3.63) is 50.1 Å². The van der Waals surface area contributed by atoms with Crippen molar-refractivity contribution in [2.75, 3.05) is 14.2 Å². The van der Waals surface area contributed by atoms with Gasteiger partial charge in [0.1, 0.15) is 11.3 Å². The van der Waals surface area contributed by atoms with Gasteiger partial charge in [-0.2, -0.15) is 11.3 Å². The zero-order valence-electron chi connectivity index (χ0n) is 12.5. The van der Waals surface area contributed by atoms with E-state index in [-0.39, 0.29) is 17.5 Å². The second-order valence-electron chi connectivity index (χ2n) is 4.67. The molecule has 7 nitrogen and oxygen atoms in total. The summed E-state index contributed by atoms with van der Waals surface area (Å²) in [4.78, 5) is 38.0. The van der Waals surface area contributed by atoms with E-state index in [0.717, 1.165) is 13.3 Å². The van der Waals surface area contributed by atoms with Crippen molar-refractivity contribution in [1.29, 1.82) is 0 Å². The summed E-state index contributed by atoms with van der Waals surface area (Å²) in [5, 5.41) is 13.9. The molecule has 0 aliphatic carbocycles. The molecule has 0 spiro atoms. The molecular formula is C15H15NO6S. The van der Waals surface area contributed by atoms with E-state index in [1.54, 1.807) is 16.8 Å². The SMILES string of the molecule is COC(=O)CC(c1ccsc1)c1c(O)c(C(=O)OC)c[nH]c1=O. The minimum atomic E-state index is -0.790. The lowest BCUT2D eigenvalue weighted by Gasteiger charge is -2.16. The van der Waals surface area contributed by atoms with Gasteiger partial charge in [0.15, 0.2) is 0 Å². The number of pyridine rings is 1. The molecule has 0 aliphatic heterocycles. The van der Waals surface area contributed by atoms with Gasteiger partial charge in [0.25, 0.3) is 5.56 Å². The summed E-state index contributed by atoms with van der Waals surface area (Å²) in [5.41, 5.74) is -0.164. The van der Waals surface area contributed by atoms with Crippen LogP contribution in [-0.4, -0.2) is 36.2 Å². The lowest BCUT2D eigenvalue weighted by Crippen LogP contribution is -2.21. The van der Waals surface area contributed by atoms with E-state index < -0.39 is 29.2 Å². The number of ether oxygens (including phenoxy) is 2. The first-order chi connectivity index (χ1) is 11.0. The van der Waals surface area contributed by atoms with Crippen molar-refractivity contribution in [3.63, 3.8) is 0 Å². The zero-order valence-corrected chi connectivity index (χ0v) is 13.3. The molecule has 8 heteroatoms. The Morgan fingerprint density at radius 2 is 2.09 bits per heavy atom. The van der Waals surface area contributed by atoms with Crippen LogP contribution in [0.4, 0.5) is 0 Å². The van der Waals surface area contributed by atoms with E-state index in [2.05, 4.69) is 14.5 Å². The maximum atomic E-state index is 12.2. The lowest BCUT2D eigenvalue weighted by molar-refractivity contribution is -0.140. The van der Waals surface area contributed by atoms with Gasteiger partial charge in [0, 0.05) is 12.1 Å². The third-order valence-corrected chi connectivity index (χ3v) is 4.10. The summed E-state index contributed by atoms with van der Waals surface area (Å²) in [6, 6.07) is 1.74. The normalized spacial score (nSPS) is 11.7. The van der Waals surface area contributed by atoms with Gasteiger partial charge < -0.3 is 19.6 Å². The maximum absolute atomic E-state index is 12.2. The molecule has 0 saturated heterocycles. The van der Waals surface area contributed by atoms with Crippen LogP contribution in [0.5, 0.6) is 5.75 Å². The number of H-pyrrole nitrogens is 1. The van der Waals surface area contributed by atoms with Crippen LogP contribution >= 0.6 is 11.3 Å². The lowest BCUT2D eigenvalue weighted by atomic mass is 9.89. The number of aromatic nitrogens is 1. The summed E-state index contributed by atoms with van der Waals surface area (Å²) in [6.45, 7) is 0. The molecular weight excluding hydrogens is 322 g/mol. The number of aromatic hydroxyl groups is 1. The molecule has 0 bridgehead atoms. The highest BCUT2D eigenvalue weighted by molar-refractivity contribution is 7.08. The predicted molar refractivity (Wildman–Crippen MR) is 82.9 cm³/mol. The van der Waals surface area contributed by atoms with Gasteiger partial charge in [0.2, 0.25) is 0 Å². The molecule has 0 aromatic carbocycles. The molecule has 2 N–H and O–H groups in total. The topological polar surface area (TPSA) is 106 Å². The third-order valence-electron chi connectivity index (χ3n) is 3.40. The van der Waals surface area contributed by atoms with Gasteiger partial charge in [0.05, 0.1) is 26.2 Å². The number of aromatic amines is 1. The van der Waals surface area contributed by atoms with Crippen LogP contribution in [0.15, 0.2) is 27.8 Å². The highest BCUT2D eigenvalue weighted by atomic mass is 32.1. The number of esters is 2. The Kier molecular flexibility index (Phi) is 5.17. The number of thiophene rings is 1. The Morgan fingerprint density at radius 3 is 2.65 bits per heavy atom. The number of carbonyl (C=O) groups excluding carboxylic acids is 2. The van der Waals surface area contributed by atoms with E-state index in [4.69, 9.17) is 0 Å². The molecule has 0 radical (unpaired) electrons. The summed E-state index contributed by atoms with van der Waals surface area (Å²) < 4.78 is 9.23. The number of hydrogen-bond acceptors (Lipinski definition) is 7. The van der Waals surface area contributed by atoms with Crippen molar-refractivity contribution in [2.45, 2.75) is 12.3 Å². The Balaban J connectivity index is 2.60. The molecule has 0 aliphatic rings. The predicted octanol–water partition coefficient (Wildman–Crippen LogP) is 1.62. The van der Waals surface area contributed by atoms with Crippen molar-refractivity contribution in [3.8, 4) is 5.75 Å². The summed E-state index contributed by atoms with van der Waals surface area (Å²) in [7, 11) is 2.40. The largest absolute Gasteiger partial charge is 0.506 e. The number of methoxy groups -OCH3 is 2. The number of rotatable bonds is 5. The monoisotopic (exact) mass is 337 g/mol. The van der Waals surface area contributed by atoms with Gasteiger partial charge in [-0.1, -0.05) is 0 Å². The van der Waals surface area contributed by atoms with Crippen LogP contribution in [0.2, 0.25) is 0 Å². The van der Waals surface area contributed by atoms with Crippen LogP contribution in [0.3, 0.4) is 0 Å². The van der Waals surface area contributed by atoms with E-state index in [0.29, 0.717) is 5.56 Å². The fraction of sp³-hybridized carbons (Fsp3) is 0.267. The Labute approximate surface area is 135 Å². The molecule has 0 fully saturated rings. The van der Waals surface area contributed by atoms with Gasteiger partial charge in [-0.15, -0.1) is 0 Å². The highest BCUT2D eigenvalue weighted by Gasteiger charge is 2.28. The Hall–Kier alpha value is -2.61. The molecule has 0 amide bonds. The van der Waals surface area contributed by atoms with Crippen molar-refractivity contribution < 1.29 is 24.2 Å². The summed E-state index contributed by atoms with van der Waals surface area (Å²) in [5.74, 6) is -2.56. The molecule has 0 saturated carbocycles. The molecule has 2 rings (SSSR count). The number of hydrogen-bond donors (Lipinski definition) is 2. The van der Waals surface area contributed by atoms with Gasteiger partial charge in [-0.05, 0) is 22.4 Å². The van der Waals surface area contributed by atoms with Gasteiger partial charge in [-0.3, -0.25) is 9.59 Å². The van der Waals surface area contributed by atoms with Gasteiger partial charge in [-0.25, -0.2) is 4.79 Å². The molecule has 23 heavy (non-hydrogen) atoms. The molecule has 2 heterocycles. The third kappa shape index (κ3) is 3.42. The minimum Gasteiger partial charge on any atom is -0.506 e. The van der Waals surface area contributed by atoms with Crippen LogP contribution < -0.4 is 5.56 Å². The summed E-state index contributed by atoms with van der Waals surface area (Å²) >= 11 is 1.39. The number of carbonyl (C=O) groups is 2. The molecule has 2 aromatic rings. The first-order valence-electron chi connectivity index (χ1n) is 6.61. The average Bonchev–Trinajstić information content (AvgIpc) is 3.07. The van der Waals surface area contributed by atoms with Crippen LogP contribution in [-0.2, 0) is 14.3 Å². The summed E-state index contributed by atoms with van der Waals surface area (Å²) in [6.07, 6.45) is 0.935. The average molecular weight is 337 g/mol. The minimum absolute atomic E-state index is 0.0725. The highest BCUT2D eigenvalue weighted by Crippen LogP contribution is 2.34. The van der Waals surface area contributed by atoms with Crippen molar-refractivity contribution in [2.24, 2.45) is 0 Å². The Bertz CT molecular complexity index is 765. The molecule has 1 unspecified atom stereocenters. The first kappa shape index (κ1) is 16.8. The second kappa shape index (κ2) is 7.10. The smallest absolute Gasteiger partial charge is 0.343 e. The van der Waals surface area contributed by atoms with E-state index in [1.165, 1.54) is 18.4 Å². The second-order valence-corrected chi connectivity index (χ2v) is 5.45. The maximum Gasteiger partial charge on any atom is 0.343 e. The van der Waals surface area contributed by atoms with Crippen LogP contribution in [0.1, 0.15) is 33.8 Å². The van der Waals surface area contributed by atoms with E-state index in [1.807, 2.05) is 0 Å². The van der Waals surface area contributed by atoms with Crippen molar-refractivity contribution in [1.82, 2.24) is 4.98 Å². The van der Waals surface area contributed by atoms with Crippen LogP contribution in [0, 0.1) is 0 Å².